The van der Waals surface area contributed by atoms with Gasteiger partial charge in [-0.1, -0.05) is 6.92 Å². The second-order valence-electron chi connectivity index (χ2n) is 4.68. The van der Waals surface area contributed by atoms with Crippen molar-refractivity contribution in [2.24, 2.45) is 0 Å². The molecule has 0 aliphatic rings. The van der Waals surface area contributed by atoms with Crippen molar-refractivity contribution in [3.8, 4) is 0 Å². The van der Waals surface area contributed by atoms with Crippen LogP contribution in [0.2, 0.25) is 0 Å². The number of rotatable bonds is 3. The van der Waals surface area contributed by atoms with Gasteiger partial charge in [0, 0.05) is 18.0 Å². The summed E-state index contributed by atoms with van der Waals surface area (Å²) < 4.78 is 5.45. The zero-order chi connectivity index (χ0) is 14.8. The number of nitrogens with two attached hydrogens (primary N) is 1. The number of anilines is 2. The molecule has 2 heterocycles. The number of nitrogens with one attached hydrogen (secondary N) is 1. The van der Waals surface area contributed by atoms with Crippen molar-refractivity contribution in [2.75, 3.05) is 11.1 Å². The van der Waals surface area contributed by atoms with Crippen molar-refractivity contribution in [2.45, 2.75) is 13.3 Å². The summed E-state index contributed by atoms with van der Waals surface area (Å²) in [5, 5.41) is 3.64. The van der Waals surface area contributed by atoms with Crippen LogP contribution in [0.5, 0.6) is 0 Å². The minimum atomic E-state index is -0.287. The number of hydrogen-bond acceptors (Lipinski definition) is 4. The maximum absolute atomic E-state index is 12.2. The number of carbonyl (C=O) groups is 1. The quantitative estimate of drug-likeness (QED) is 0.722. The number of fused-ring (bicyclic) bond motifs is 1. The summed E-state index contributed by atoms with van der Waals surface area (Å²) in [6, 6.07) is 10.6. The Kier molecular flexibility index (Phi) is 3.31. The van der Waals surface area contributed by atoms with Gasteiger partial charge in [-0.25, -0.2) is 0 Å². The number of carbonyl (C=O) groups excluding carboxylic acids is 1. The van der Waals surface area contributed by atoms with Gasteiger partial charge >= 0.3 is 0 Å². The van der Waals surface area contributed by atoms with Crippen molar-refractivity contribution in [1.82, 2.24) is 4.98 Å². The van der Waals surface area contributed by atoms with E-state index in [-0.39, 0.29) is 5.91 Å². The Bertz CT molecular complexity index is 808. The van der Waals surface area contributed by atoms with E-state index in [9.17, 15) is 4.79 Å². The first-order chi connectivity index (χ1) is 10.2. The molecule has 3 rings (SSSR count). The van der Waals surface area contributed by atoms with Crippen molar-refractivity contribution in [1.29, 1.82) is 0 Å². The van der Waals surface area contributed by atoms with E-state index >= 15 is 0 Å². The molecule has 2 aromatic heterocycles. The predicted molar refractivity (Wildman–Crippen MR) is 82.2 cm³/mol. The average Bonchev–Trinajstić information content (AvgIpc) is 2.99. The van der Waals surface area contributed by atoms with Crippen molar-refractivity contribution >= 4 is 28.2 Å². The molecule has 3 N–H and O–H groups in total. The van der Waals surface area contributed by atoms with Crippen LogP contribution in [0.15, 0.2) is 47.0 Å². The Hall–Kier alpha value is -2.82. The molecule has 0 unspecified atom stereocenters. The molecule has 5 nitrogen and oxygen atoms in total. The molecule has 21 heavy (non-hydrogen) atoms. The van der Waals surface area contributed by atoms with Gasteiger partial charge in [-0.05, 0) is 36.4 Å². The lowest BCUT2D eigenvalue weighted by Gasteiger charge is -2.08. The molecule has 0 saturated carbocycles. The summed E-state index contributed by atoms with van der Waals surface area (Å²) in [7, 11) is 0. The zero-order valence-corrected chi connectivity index (χ0v) is 11.6. The molecule has 1 aromatic carbocycles. The molecule has 1 amide bonds. The first-order valence-corrected chi connectivity index (χ1v) is 6.72. The molecule has 0 saturated heterocycles. The zero-order valence-electron chi connectivity index (χ0n) is 11.6. The molecule has 0 spiro atoms. The molecule has 5 heteroatoms. The van der Waals surface area contributed by atoms with Crippen LogP contribution in [0.4, 0.5) is 11.4 Å². The first-order valence-electron chi connectivity index (χ1n) is 6.72. The van der Waals surface area contributed by atoms with Crippen molar-refractivity contribution in [3.63, 3.8) is 0 Å². The lowest BCUT2D eigenvalue weighted by Crippen LogP contribution is -2.11. The van der Waals surface area contributed by atoms with E-state index in [2.05, 4.69) is 10.3 Å². The standard InChI is InChI=1S/C16H15N3O2/c1-2-10-5-8-14(21-10)16(20)19-13-7-6-12(17)15-11(13)4-3-9-18-15/h3-9H,2,17H2,1H3,(H,19,20). The summed E-state index contributed by atoms with van der Waals surface area (Å²) >= 11 is 0. The Labute approximate surface area is 121 Å². The van der Waals surface area contributed by atoms with Crippen LogP contribution in [0.3, 0.4) is 0 Å². The molecule has 0 atom stereocenters. The number of benzene rings is 1. The van der Waals surface area contributed by atoms with E-state index in [1.54, 1.807) is 36.5 Å². The largest absolute Gasteiger partial charge is 0.456 e. The molecular formula is C16H15N3O2. The number of furan rings is 1. The lowest BCUT2D eigenvalue weighted by molar-refractivity contribution is 0.0995. The van der Waals surface area contributed by atoms with Gasteiger partial charge in [-0.15, -0.1) is 0 Å². The highest BCUT2D eigenvalue weighted by molar-refractivity contribution is 6.09. The van der Waals surface area contributed by atoms with Crippen molar-refractivity contribution < 1.29 is 9.21 Å². The SMILES string of the molecule is CCc1ccc(C(=O)Nc2ccc(N)c3ncccc23)o1. The maximum atomic E-state index is 12.2. The van der Waals surface area contributed by atoms with Crippen LogP contribution >= 0.6 is 0 Å². The topological polar surface area (TPSA) is 81.2 Å². The third-order valence-corrected chi connectivity index (χ3v) is 3.28. The van der Waals surface area contributed by atoms with Crippen molar-refractivity contribution in [3.05, 3.63) is 54.1 Å². The van der Waals surface area contributed by atoms with Crippen LogP contribution in [0.25, 0.3) is 10.9 Å². The lowest BCUT2D eigenvalue weighted by atomic mass is 10.1. The highest BCUT2D eigenvalue weighted by Gasteiger charge is 2.13. The van der Waals surface area contributed by atoms with E-state index in [4.69, 9.17) is 10.2 Å². The Morgan fingerprint density at radius 2 is 2.14 bits per heavy atom. The van der Waals surface area contributed by atoms with Gasteiger partial charge in [0.05, 0.1) is 16.9 Å². The average molecular weight is 281 g/mol. The summed E-state index contributed by atoms with van der Waals surface area (Å²) in [4.78, 5) is 16.5. The summed E-state index contributed by atoms with van der Waals surface area (Å²) in [6.45, 7) is 1.97. The van der Waals surface area contributed by atoms with Crippen LogP contribution in [-0.2, 0) is 6.42 Å². The number of hydrogen-bond donors (Lipinski definition) is 2. The Balaban J connectivity index is 1.95. The molecule has 0 aliphatic carbocycles. The number of nitrogen functional groups attached to an aromatic ring is 1. The van der Waals surface area contributed by atoms with Gasteiger partial charge in [0.25, 0.3) is 5.91 Å². The Morgan fingerprint density at radius 3 is 2.90 bits per heavy atom. The van der Waals surface area contributed by atoms with E-state index in [1.165, 1.54) is 0 Å². The minimum absolute atomic E-state index is 0.287. The normalized spacial score (nSPS) is 10.7. The molecule has 0 fully saturated rings. The Morgan fingerprint density at radius 1 is 1.29 bits per heavy atom. The second kappa shape index (κ2) is 5.28. The fourth-order valence-electron chi connectivity index (χ4n) is 2.18. The monoisotopic (exact) mass is 281 g/mol. The third kappa shape index (κ3) is 2.45. The van der Waals surface area contributed by atoms with Gasteiger partial charge in [0.15, 0.2) is 5.76 Å². The van der Waals surface area contributed by atoms with Crippen LogP contribution in [-0.4, -0.2) is 10.9 Å². The molecule has 3 aromatic rings. The van der Waals surface area contributed by atoms with Crippen LogP contribution in [0, 0.1) is 0 Å². The minimum Gasteiger partial charge on any atom is -0.456 e. The van der Waals surface area contributed by atoms with E-state index in [0.29, 0.717) is 22.7 Å². The first kappa shape index (κ1) is 13.2. The van der Waals surface area contributed by atoms with E-state index in [1.807, 2.05) is 13.0 Å². The number of pyridine rings is 1. The fraction of sp³-hybridized carbons (Fsp3) is 0.125. The number of aromatic nitrogens is 1. The predicted octanol–water partition coefficient (Wildman–Crippen LogP) is 3.22. The van der Waals surface area contributed by atoms with Gasteiger partial charge in [0.1, 0.15) is 5.76 Å². The highest BCUT2D eigenvalue weighted by atomic mass is 16.3. The van der Waals surface area contributed by atoms with Gasteiger partial charge in [-0.2, -0.15) is 0 Å². The molecule has 0 bridgehead atoms. The molecule has 106 valence electrons. The van der Waals surface area contributed by atoms with E-state index in [0.717, 1.165) is 17.6 Å². The maximum Gasteiger partial charge on any atom is 0.291 e. The molecular weight excluding hydrogens is 266 g/mol. The van der Waals surface area contributed by atoms with Gasteiger partial charge in [-0.3, -0.25) is 9.78 Å². The summed E-state index contributed by atoms with van der Waals surface area (Å²) in [6.07, 6.45) is 2.42. The van der Waals surface area contributed by atoms with E-state index < -0.39 is 0 Å². The molecule has 0 radical (unpaired) electrons. The van der Waals surface area contributed by atoms with Crippen LogP contribution in [0.1, 0.15) is 23.2 Å². The summed E-state index contributed by atoms with van der Waals surface area (Å²) in [5.41, 5.74) is 7.80. The number of nitrogens with zero attached hydrogens (tertiary/aromatic N) is 1. The smallest absolute Gasteiger partial charge is 0.291 e. The van der Waals surface area contributed by atoms with Crippen LogP contribution < -0.4 is 11.1 Å². The second-order valence-corrected chi connectivity index (χ2v) is 4.68. The highest BCUT2D eigenvalue weighted by Crippen LogP contribution is 2.26. The molecule has 0 aliphatic heterocycles. The summed E-state index contributed by atoms with van der Waals surface area (Å²) in [5.74, 6) is 0.786. The fourth-order valence-corrected chi connectivity index (χ4v) is 2.18. The number of amides is 1. The van der Waals surface area contributed by atoms with Gasteiger partial charge < -0.3 is 15.5 Å². The van der Waals surface area contributed by atoms with Gasteiger partial charge in [0.2, 0.25) is 0 Å². The third-order valence-electron chi connectivity index (χ3n) is 3.28. The number of aryl methyl sites for hydroxylation is 1.